The van der Waals surface area contributed by atoms with E-state index in [2.05, 4.69) is 59.8 Å². The Hall–Kier alpha value is -1.32. The van der Waals surface area contributed by atoms with Gasteiger partial charge in [-0.15, -0.1) is 0 Å². The van der Waals surface area contributed by atoms with Gasteiger partial charge >= 0.3 is 0 Å². The maximum absolute atomic E-state index is 3.71. The van der Waals surface area contributed by atoms with Gasteiger partial charge in [-0.3, -0.25) is 0 Å². The van der Waals surface area contributed by atoms with E-state index in [1.54, 1.807) is 0 Å². The monoisotopic (exact) mass is 285 g/mol. The molecule has 1 aliphatic rings. The highest BCUT2D eigenvalue weighted by Crippen LogP contribution is 2.31. The van der Waals surface area contributed by atoms with Crippen molar-refractivity contribution in [3.63, 3.8) is 0 Å². The summed E-state index contributed by atoms with van der Waals surface area (Å²) in [5.41, 5.74) is 2.95. The van der Waals surface area contributed by atoms with Crippen molar-refractivity contribution in [3.05, 3.63) is 36.0 Å². The Morgan fingerprint density at radius 3 is 2.67 bits per heavy atom. The van der Waals surface area contributed by atoms with Crippen molar-refractivity contribution in [1.29, 1.82) is 0 Å². The normalized spacial score (nSPS) is 18.4. The number of fused-ring (bicyclic) bond motifs is 1. The molecule has 114 valence electrons. The van der Waals surface area contributed by atoms with Crippen LogP contribution in [0.15, 0.2) is 30.5 Å². The highest BCUT2D eigenvalue weighted by Gasteiger charge is 2.33. The van der Waals surface area contributed by atoms with E-state index in [1.165, 1.54) is 48.6 Å². The van der Waals surface area contributed by atoms with Crippen LogP contribution in [0, 0.1) is 0 Å². The summed E-state index contributed by atoms with van der Waals surface area (Å²) in [6.45, 7) is 2.03. The van der Waals surface area contributed by atoms with Gasteiger partial charge in [-0.2, -0.15) is 0 Å². The lowest BCUT2D eigenvalue weighted by atomic mass is 9.80. The van der Waals surface area contributed by atoms with Crippen LogP contribution in [0.5, 0.6) is 0 Å². The Balaban J connectivity index is 1.64. The van der Waals surface area contributed by atoms with Gasteiger partial charge in [0.25, 0.3) is 0 Å². The van der Waals surface area contributed by atoms with Gasteiger partial charge in [0.1, 0.15) is 0 Å². The van der Waals surface area contributed by atoms with Crippen LogP contribution in [0.3, 0.4) is 0 Å². The first-order valence-electron chi connectivity index (χ1n) is 8.14. The molecule has 1 aliphatic carbocycles. The van der Waals surface area contributed by atoms with Crippen LogP contribution in [-0.4, -0.2) is 36.1 Å². The number of rotatable bonds is 5. The van der Waals surface area contributed by atoms with Crippen molar-refractivity contribution in [2.24, 2.45) is 0 Å². The zero-order valence-corrected chi connectivity index (χ0v) is 13.3. The second kappa shape index (κ2) is 6.20. The predicted molar refractivity (Wildman–Crippen MR) is 89.5 cm³/mol. The van der Waals surface area contributed by atoms with Crippen LogP contribution in [-0.2, 0) is 6.54 Å². The molecular weight excluding hydrogens is 258 g/mol. The third kappa shape index (κ3) is 2.99. The Bertz CT molecular complexity index is 579. The summed E-state index contributed by atoms with van der Waals surface area (Å²) in [6, 6.07) is 8.54. The summed E-state index contributed by atoms with van der Waals surface area (Å²) < 4.78 is 0. The van der Waals surface area contributed by atoms with Crippen LogP contribution in [0.25, 0.3) is 10.9 Å². The van der Waals surface area contributed by atoms with Crippen LogP contribution in [0.1, 0.15) is 37.7 Å². The molecule has 0 radical (unpaired) electrons. The van der Waals surface area contributed by atoms with E-state index < -0.39 is 0 Å². The number of hydrogen-bond donors (Lipinski definition) is 2. The zero-order valence-electron chi connectivity index (χ0n) is 13.3. The van der Waals surface area contributed by atoms with Crippen molar-refractivity contribution < 1.29 is 0 Å². The molecule has 0 spiro atoms. The zero-order chi connectivity index (χ0) is 14.7. The maximum Gasteiger partial charge on any atom is 0.0457 e. The highest BCUT2D eigenvalue weighted by atomic mass is 15.2. The molecule has 1 heterocycles. The van der Waals surface area contributed by atoms with E-state index in [9.17, 15) is 0 Å². The number of nitrogens with one attached hydrogen (secondary N) is 2. The fraction of sp³-hybridized carbons (Fsp3) is 0.556. The average Bonchev–Trinajstić information content (AvgIpc) is 2.92. The Morgan fingerprint density at radius 1 is 1.14 bits per heavy atom. The first-order valence-corrected chi connectivity index (χ1v) is 8.14. The number of H-pyrrole nitrogens is 1. The molecule has 0 atom stereocenters. The molecule has 3 rings (SSSR count). The quantitative estimate of drug-likeness (QED) is 0.880. The van der Waals surface area contributed by atoms with Crippen molar-refractivity contribution in [2.45, 2.75) is 44.2 Å². The molecule has 21 heavy (non-hydrogen) atoms. The van der Waals surface area contributed by atoms with Gasteiger partial charge in [-0.25, -0.2) is 0 Å². The van der Waals surface area contributed by atoms with Crippen LogP contribution < -0.4 is 5.32 Å². The van der Waals surface area contributed by atoms with Crippen molar-refractivity contribution in [3.8, 4) is 0 Å². The van der Waals surface area contributed by atoms with Gasteiger partial charge in [0, 0.05) is 35.7 Å². The molecular formula is C18H27N3. The van der Waals surface area contributed by atoms with E-state index in [0.717, 1.165) is 13.1 Å². The topological polar surface area (TPSA) is 31.1 Å². The Labute approximate surface area is 127 Å². The van der Waals surface area contributed by atoms with Crippen LogP contribution in [0.2, 0.25) is 0 Å². The fourth-order valence-corrected chi connectivity index (χ4v) is 3.70. The third-order valence-corrected chi connectivity index (χ3v) is 5.18. The molecule has 3 nitrogen and oxygen atoms in total. The molecule has 2 aromatic rings. The van der Waals surface area contributed by atoms with Gasteiger partial charge in [-0.05, 0) is 38.6 Å². The second-order valence-electron chi connectivity index (χ2n) is 6.64. The van der Waals surface area contributed by atoms with Gasteiger partial charge in [0.15, 0.2) is 0 Å². The minimum absolute atomic E-state index is 0.352. The van der Waals surface area contributed by atoms with Crippen LogP contribution in [0.4, 0.5) is 0 Å². The predicted octanol–water partition coefficient (Wildman–Crippen LogP) is 3.52. The standard InChI is InChI=1S/C18H27N3/c1-21(2)18(10-6-3-7-11-18)14-19-12-15-13-20-17-9-5-4-8-16(15)17/h4-5,8-9,13,19-20H,3,6-7,10-12,14H2,1-2H3. The molecule has 0 bridgehead atoms. The minimum Gasteiger partial charge on any atom is -0.361 e. The molecule has 0 amide bonds. The van der Waals surface area contributed by atoms with Gasteiger partial charge in [0.05, 0.1) is 0 Å². The SMILES string of the molecule is CN(C)C1(CNCc2c[nH]c3ccccc23)CCCCC1. The average molecular weight is 285 g/mol. The summed E-state index contributed by atoms with van der Waals surface area (Å²) in [4.78, 5) is 5.80. The smallest absolute Gasteiger partial charge is 0.0457 e. The summed E-state index contributed by atoms with van der Waals surface area (Å²) in [5, 5.41) is 5.05. The first-order chi connectivity index (χ1) is 10.2. The molecule has 1 fully saturated rings. The lowest BCUT2D eigenvalue weighted by Crippen LogP contribution is -2.52. The van der Waals surface area contributed by atoms with E-state index in [4.69, 9.17) is 0 Å². The number of likely N-dealkylation sites (N-methyl/N-ethyl adjacent to an activating group) is 1. The van der Waals surface area contributed by atoms with Gasteiger partial charge in [0.2, 0.25) is 0 Å². The number of benzene rings is 1. The van der Waals surface area contributed by atoms with Crippen molar-refractivity contribution in [2.75, 3.05) is 20.6 Å². The molecule has 1 aromatic carbocycles. The second-order valence-corrected chi connectivity index (χ2v) is 6.64. The van der Waals surface area contributed by atoms with Crippen LogP contribution >= 0.6 is 0 Å². The molecule has 0 unspecified atom stereocenters. The van der Waals surface area contributed by atoms with Gasteiger partial charge in [-0.1, -0.05) is 37.5 Å². The minimum atomic E-state index is 0.352. The summed E-state index contributed by atoms with van der Waals surface area (Å²) in [6.07, 6.45) is 8.92. The number of hydrogen-bond acceptors (Lipinski definition) is 2. The summed E-state index contributed by atoms with van der Waals surface area (Å²) in [5.74, 6) is 0. The lowest BCUT2D eigenvalue weighted by Gasteiger charge is -2.43. The van der Waals surface area contributed by atoms with Crippen molar-refractivity contribution >= 4 is 10.9 Å². The lowest BCUT2D eigenvalue weighted by molar-refractivity contribution is 0.0984. The number of para-hydroxylation sites is 1. The first kappa shape index (κ1) is 14.6. The third-order valence-electron chi connectivity index (χ3n) is 5.18. The highest BCUT2D eigenvalue weighted by molar-refractivity contribution is 5.82. The molecule has 3 heteroatoms. The molecule has 0 aliphatic heterocycles. The molecule has 1 aromatic heterocycles. The molecule has 0 saturated heterocycles. The maximum atomic E-state index is 3.71. The molecule has 2 N–H and O–H groups in total. The Morgan fingerprint density at radius 2 is 1.90 bits per heavy atom. The van der Waals surface area contributed by atoms with E-state index in [-0.39, 0.29) is 0 Å². The Kier molecular flexibility index (Phi) is 4.32. The number of nitrogens with zero attached hydrogens (tertiary/aromatic N) is 1. The number of aromatic amines is 1. The van der Waals surface area contributed by atoms with Crippen molar-refractivity contribution in [1.82, 2.24) is 15.2 Å². The van der Waals surface area contributed by atoms with E-state index >= 15 is 0 Å². The summed E-state index contributed by atoms with van der Waals surface area (Å²) >= 11 is 0. The summed E-state index contributed by atoms with van der Waals surface area (Å²) in [7, 11) is 4.47. The molecule has 1 saturated carbocycles. The fourth-order valence-electron chi connectivity index (χ4n) is 3.70. The van der Waals surface area contributed by atoms with Gasteiger partial charge < -0.3 is 15.2 Å². The largest absolute Gasteiger partial charge is 0.361 e. The van der Waals surface area contributed by atoms with E-state index in [0.29, 0.717) is 5.54 Å². The number of aromatic nitrogens is 1. The van der Waals surface area contributed by atoms with E-state index in [1.807, 2.05) is 0 Å².